The minimum absolute atomic E-state index is 0.00642. The summed E-state index contributed by atoms with van der Waals surface area (Å²) in [6.45, 7) is 9.41. The molecule has 4 rings (SSSR count). The van der Waals surface area contributed by atoms with Crippen LogP contribution in [0, 0.1) is 10.8 Å². The van der Waals surface area contributed by atoms with E-state index >= 15 is 0 Å². The summed E-state index contributed by atoms with van der Waals surface area (Å²) < 4.78 is 11.8. The van der Waals surface area contributed by atoms with Gasteiger partial charge in [0.05, 0.1) is 5.92 Å². The molecular weight excluding hydrogens is 380 g/mol. The second-order valence-electron chi connectivity index (χ2n) is 10.2. The highest BCUT2D eigenvalue weighted by Crippen LogP contribution is 2.53. The molecule has 1 aromatic carbocycles. The van der Waals surface area contributed by atoms with Crippen LogP contribution >= 0.6 is 0 Å². The Bertz CT molecular complexity index is 1020. The summed E-state index contributed by atoms with van der Waals surface area (Å²) in [6, 6.07) is 7.51. The van der Waals surface area contributed by atoms with Gasteiger partial charge in [-0.25, -0.2) is 0 Å². The monoisotopic (exact) mass is 408 g/mol. The van der Waals surface area contributed by atoms with Gasteiger partial charge < -0.3 is 9.47 Å². The molecule has 3 aliphatic rings. The molecule has 0 fully saturated rings. The summed E-state index contributed by atoms with van der Waals surface area (Å²) in [5, 5.41) is 0. The van der Waals surface area contributed by atoms with Gasteiger partial charge >= 0.3 is 5.97 Å². The Morgan fingerprint density at radius 3 is 2.20 bits per heavy atom. The molecule has 0 aromatic heterocycles. The minimum Gasteiger partial charge on any atom is -0.461 e. The predicted molar refractivity (Wildman–Crippen MR) is 112 cm³/mol. The third kappa shape index (κ3) is 3.62. The van der Waals surface area contributed by atoms with Gasteiger partial charge in [0.1, 0.15) is 17.3 Å². The van der Waals surface area contributed by atoms with E-state index in [2.05, 4.69) is 0 Å². The van der Waals surface area contributed by atoms with Gasteiger partial charge in [0, 0.05) is 49.3 Å². The van der Waals surface area contributed by atoms with Crippen LogP contribution in [0.2, 0.25) is 0 Å². The first-order chi connectivity index (χ1) is 14.0. The molecule has 5 nitrogen and oxygen atoms in total. The van der Waals surface area contributed by atoms with E-state index in [0.717, 1.165) is 5.56 Å². The summed E-state index contributed by atoms with van der Waals surface area (Å²) >= 11 is 0. The standard InChI is InChI=1S/C25H28O5/c1-14(26)29-19-12-24(2,3)10-16(27)22(19)21-15-8-6-7-9-18(15)30-20-13-25(4,5)11-17(28)23(20)21/h6-9,21H,10-13H2,1-5H3/t21-/m0/s1. The molecule has 0 saturated heterocycles. The summed E-state index contributed by atoms with van der Waals surface area (Å²) in [6.07, 6.45) is 1.82. The highest BCUT2D eigenvalue weighted by molar-refractivity contribution is 6.06. The molecule has 0 N–H and O–H groups in total. The van der Waals surface area contributed by atoms with Crippen molar-refractivity contribution in [2.75, 3.05) is 0 Å². The van der Waals surface area contributed by atoms with Crippen molar-refractivity contribution in [3.8, 4) is 5.75 Å². The molecule has 0 amide bonds. The zero-order valence-electron chi connectivity index (χ0n) is 18.3. The van der Waals surface area contributed by atoms with Crippen LogP contribution in [0.25, 0.3) is 0 Å². The van der Waals surface area contributed by atoms with Crippen LogP contribution in [0.5, 0.6) is 5.75 Å². The largest absolute Gasteiger partial charge is 0.461 e. The molecule has 5 heteroatoms. The highest BCUT2D eigenvalue weighted by Gasteiger charge is 2.47. The number of benzene rings is 1. The quantitative estimate of drug-likeness (QED) is 0.643. The third-order valence-electron chi connectivity index (χ3n) is 6.07. The molecule has 30 heavy (non-hydrogen) atoms. The summed E-state index contributed by atoms with van der Waals surface area (Å²) in [5.41, 5.74) is 1.23. The van der Waals surface area contributed by atoms with Crippen LogP contribution in [0.15, 0.2) is 46.9 Å². The Balaban J connectivity index is 1.97. The SMILES string of the molecule is CC(=O)OC1=C([C@H]2C3=C(CC(C)(C)CC3=O)Oc3ccccc32)C(=O)CC(C)(C)C1. The Hall–Kier alpha value is -2.69. The highest BCUT2D eigenvalue weighted by atomic mass is 16.5. The summed E-state index contributed by atoms with van der Waals surface area (Å²) in [4.78, 5) is 38.6. The second kappa shape index (κ2) is 6.93. The number of carbonyl (C=O) groups is 3. The molecule has 1 heterocycles. The van der Waals surface area contributed by atoms with Gasteiger partial charge in [-0.1, -0.05) is 45.9 Å². The zero-order valence-corrected chi connectivity index (χ0v) is 18.3. The summed E-state index contributed by atoms with van der Waals surface area (Å²) in [7, 11) is 0. The molecule has 158 valence electrons. The lowest BCUT2D eigenvalue weighted by atomic mass is 9.66. The lowest BCUT2D eigenvalue weighted by molar-refractivity contribution is -0.138. The number of fused-ring (bicyclic) bond motifs is 1. The fourth-order valence-electron chi connectivity index (χ4n) is 4.96. The van der Waals surface area contributed by atoms with Crippen molar-refractivity contribution < 1.29 is 23.9 Å². The van der Waals surface area contributed by atoms with E-state index in [1.165, 1.54) is 6.92 Å². The van der Waals surface area contributed by atoms with Crippen LogP contribution in [-0.2, 0) is 19.1 Å². The van der Waals surface area contributed by atoms with Crippen LogP contribution in [0.4, 0.5) is 0 Å². The lowest BCUT2D eigenvalue weighted by Gasteiger charge is -2.40. The molecule has 1 atom stereocenters. The van der Waals surface area contributed by atoms with E-state index in [1.807, 2.05) is 52.0 Å². The van der Waals surface area contributed by atoms with Gasteiger partial charge in [-0.3, -0.25) is 14.4 Å². The van der Waals surface area contributed by atoms with E-state index in [1.54, 1.807) is 0 Å². The smallest absolute Gasteiger partial charge is 0.307 e. The van der Waals surface area contributed by atoms with Gasteiger partial charge in [-0.05, 0) is 16.9 Å². The van der Waals surface area contributed by atoms with Crippen LogP contribution in [0.1, 0.15) is 71.8 Å². The first-order valence-electron chi connectivity index (χ1n) is 10.5. The molecule has 0 saturated carbocycles. The topological polar surface area (TPSA) is 69.7 Å². The number of ketones is 2. The molecule has 0 unspecified atom stereocenters. The van der Waals surface area contributed by atoms with E-state index in [9.17, 15) is 14.4 Å². The van der Waals surface area contributed by atoms with E-state index in [4.69, 9.17) is 9.47 Å². The van der Waals surface area contributed by atoms with Crippen molar-refractivity contribution >= 4 is 17.5 Å². The summed E-state index contributed by atoms with van der Waals surface area (Å²) in [5.74, 6) is 0.563. The predicted octanol–water partition coefficient (Wildman–Crippen LogP) is 5.01. The van der Waals surface area contributed by atoms with E-state index in [-0.39, 0.29) is 22.4 Å². The lowest BCUT2D eigenvalue weighted by Crippen LogP contribution is -2.36. The van der Waals surface area contributed by atoms with Crippen LogP contribution in [-0.4, -0.2) is 17.5 Å². The van der Waals surface area contributed by atoms with Crippen molar-refractivity contribution in [3.05, 3.63) is 52.5 Å². The molecule has 1 aromatic rings. The van der Waals surface area contributed by atoms with Crippen molar-refractivity contribution in [1.29, 1.82) is 0 Å². The van der Waals surface area contributed by atoms with Gasteiger partial charge in [-0.2, -0.15) is 0 Å². The average Bonchev–Trinajstić information content (AvgIpc) is 2.57. The van der Waals surface area contributed by atoms with Crippen molar-refractivity contribution in [2.24, 2.45) is 10.8 Å². The second-order valence-corrected chi connectivity index (χ2v) is 10.2. The third-order valence-corrected chi connectivity index (χ3v) is 6.07. The maximum absolute atomic E-state index is 13.4. The number of allylic oxidation sites excluding steroid dienone is 4. The fraction of sp³-hybridized carbons (Fsp3) is 0.480. The molecule has 1 aliphatic heterocycles. The first kappa shape index (κ1) is 20.6. The Morgan fingerprint density at radius 1 is 0.933 bits per heavy atom. The number of rotatable bonds is 2. The fourth-order valence-corrected chi connectivity index (χ4v) is 4.96. The molecular formula is C25H28O5. The normalized spacial score (nSPS) is 24.8. The molecule has 2 aliphatic carbocycles. The van der Waals surface area contributed by atoms with Gasteiger partial charge in [0.2, 0.25) is 0 Å². The van der Waals surface area contributed by atoms with E-state index in [0.29, 0.717) is 54.1 Å². The number of Topliss-reactive ketones (excluding diaryl/α,β-unsaturated/α-hetero) is 2. The Morgan fingerprint density at radius 2 is 1.53 bits per heavy atom. The molecule has 0 radical (unpaired) electrons. The Labute approximate surface area is 177 Å². The van der Waals surface area contributed by atoms with Crippen molar-refractivity contribution in [1.82, 2.24) is 0 Å². The minimum atomic E-state index is -0.563. The van der Waals surface area contributed by atoms with Gasteiger partial charge in [0.15, 0.2) is 11.6 Å². The average molecular weight is 408 g/mol. The molecule has 0 spiro atoms. The van der Waals surface area contributed by atoms with Gasteiger partial charge in [0.25, 0.3) is 0 Å². The number of hydrogen-bond donors (Lipinski definition) is 0. The zero-order chi connectivity index (χ0) is 21.8. The molecule has 0 bridgehead atoms. The number of hydrogen-bond acceptors (Lipinski definition) is 5. The first-order valence-corrected chi connectivity index (χ1v) is 10.5. The van der Waals surface area contributed by atoms with Crippen molar-refractivity contribution in [2.45, 2.75) is 66.2 Å². The maximum Gasteiger partial charge on any atom is 0.307 e. The number of carbonyl (C=O) groups excluding carboxylic acids is 3. The number of esters is 1. The Kier molecular flexibility index (Phi) is 4.75. The van der Waals surface area contributed by atoms with Crippen LogP contribution < -0.4 is 4.74 Å². The maximum atomic E-state index is 13.4. The van der Waals surface area contributed by atoms with Crippen LogP contribution in [0.3, 0.4) is 0 Å². The number of ether oxygens (including phenoxy) is 2. The van der Waals surface area contributed by atoms with Gasteiger partial charge in [-0.15, -0.1) is 0 Å². The number of para-hydroxylation sites is 1. The van der Waals surface area contributed by atoms with Crippen molar-refractivity contribution in [3.63, 3.8) is 0 Å². The van der Waals surface area contributed by atoms with E-state index < -0.39 is 11.9 Å².